The van der Waals surface area contributed by atoms with Gasteiger partial charge in [0.05, 0.1) is 19.5 Å². The molecule has 4 fully saturated rings. The molecular weight excluding hydrogens is 1290 g/mol. The predicted octanol–water partition coefficient (Wildman–Crippen LogP) is 21.4. The molecule has 105 heavy (non-hydrogen) atoms. The Morgan fingerprint density at radius 2 is 0.724 bits per heavy atom. The van der Waals surface area contributed by atoms with Crippen molar-refractivity contribution < 1.29 is 4.74 Å². The van der Waals surface area contributed by atoms with Gasteiger partial charge in [0.15, 0.2) is 0 Å². The van der Waals surface area contributed by atoms with Crippen LogP contribution in [0.1, 0.15) is 274 Å². The molecule has 0 N–H and O–H groups in total. The number of ether oxygens (including phenoxy) is 1. The van der Waals surface area contributed by atoms with Gasteiger partial charge in [0, 0.05) is 168 Å². The molecule has 0 saturated carbocycles. The number of likely N-dealkylation sites (tertiary alicyclic amines) is 2. The highest BCUT2D eigenvalue weighted by atomic mass is 16.5. The van der Waals surface area contributed by atoms with E-state index in [1.807, 2.05) is 121 Å². The number of hydrogen-bond acceptors (Lipinski definition) is 12. The SMILES string of the molecule is CC(C)N1CCCC1.CC(C)N1CCCCC1.CC(C)N1CCN(C)CC1.CC(C)N1CCOCC1.CC(C)c1ccccc1.CC(C)c1ccccn1.CC(C)c1cccnc1.CC(C)c1cccnc1.CC(C)c1ccncc1.CC(C)n1cccc1.CC(C)n1cccn1.CC(C)n1ccnc1. The summed E-state index contributed by atoms with van der Waals surface area (Å²) in [6, 6.07) is 39.3. The van der Waals surface area contributed by atoms with E-state index >= 15 is 0 Å². The monoisotopic (exact) mass is 1450 g/mol. The molecule has 0 unspecified atom stereocenters. The van der Waals surface area contributed by atoms with Gasteiger partial charge in [0.1, 0.15) is 0 Å². The second-order valence-electron chi connectivity index (χ2n) is 30.9. The molecule has 4 saturated heterocycles. The number of nitrogens with zero attached hydrogens (tertiary/aromatic N) is 14. The predicted molar refractivity (Wildman–Crippen MR) is 452 cm³/mol. The van der Waals surface area contributed by atoms with Crippen molar-refractivity contribution in [1.29, 1.82) is 0 Å². The molecule has 7 aromatic heterocycles. The van der Waals surface area contributed by atoms with E-state index in [-0.39, 0.29) is 0 Å². The summed E-state index contributed by atoms with van der Waals surface area (Å²) < 4.78 is 11.3. The summed E-state index contributed by atoms with van der Waals surface area (Å²) in [5, 5.41) is 4.03. The van der Waals surface area contributed by atoms with Gasteiger partial charge >= 0.3 is 0 Å². The average Bonchev–Trinajstić information content (AvgIpc) is 1.63. The number of piperidine rings is 1. The number of hydrogen-bond donors (Lipinski definition) is 0. The first-order valence-electron chi connectivity index (χ1n) is 40.0. The van der Waals surface area contributed by atoms with Gasteiger partial charge in [-0.25, -0.2) is 4.98 Å². The van der Waals surface area contributed by atoms with Gasteiger partial charge in [-0.1, -0.05) is 124 Å². The van der Waals surface area contributed by atoms with Crippen LogP contribution in [0.4, 0.5) is 0 Å². The van der Waals surface area contributed by atoms with E-state index < -0.39 is 0 Å². The maximum atomic E-state index is 5.21. The van der Waals surface area contributed by atoms with E-state index in [9.17, 15) is 0 Å². The van der Waals surface area contributed by atoms with E-state index in [1.54, 1.807) is 24.8 Å². The van der Waals surface area contributed by atoms with Gasteiger partial charge < -0.3 is 28.6 Å². The Kier molecular flexibility index (Phi) is 54.4. The fourth-order valence-electron chi connectivity index (χ4n) is 10.7. The van der Waals surface area contributed by atoms with Crippen molar-refractivity contribution in [3.8, 4) is 0 Å². The molecule has 0 aliphatic carbocycles. The molecule has 4 aliphatic heterocycles. The Morgan fingerprint density at radius 3 is 1.00 bits per heavy atom. The average molecular weight is 1450 g/mol. The lowest BCUT2D eigenvalue weighted by Crippen LogP contribution is -2.47. The minimum atomic E-state index is 0.491. The lowest BCUT2D eigenvalue weighted by Gasteiger charge is -2.34. The molecule has 11 heterocycles. The van der Waals surface area contributed by atoms with Crippen LogP contribution < -0.4 is 0 Å². The highest BCUT2D eigenvalue weighted by molar-refractivity contribution is 5.18. The zero-order valence-corrected chi connectivity index (χ0v) is 71.0. The minimum Gasteiger partial charge on any atom is -0.379 e. The second kappa shape index (κ2) is 59.3. The van der Waals surface area contributed by atoms with Crippen LogP contribution >= 0.6 is 0 Å². The summed E-state index contributed by atoms with van der Waals surface area (Å²) in [7, 11) is 2.19. The van der Waals surface area contributed by atoms with Gasteiger partial charge in [-0.3, -0.25) is 34.4 Å². The van der Waals surface area contributed by atoms with Gasteiger partial charge in [-0.2, -0.15) is 5.10 Å². The molecule has 1 aromatic carbocycles. The molecule has 588 valence electrons. The van der Waals surface area contributed by atoms with Crippen molar-refractivity contribution in [1.82, 2.24) is 68.3 Å². The van der Waals surface area contributed by atoms with Crippen LogP contribution in [0, 0.1) is 0 Å². The lowest BCUT2D eigenvalue weighted by molar-refractivity contribution is 0.0238. The van der Waals surface area contributed by atoms with Gasteiger partial charge in [-0.15, -0.1) is 0 Å². The summed E-state index contributed by atoms with van der Waals surface area (Å²) in [5.74, 6) is 3.02. The normalized spacial score (nSPS) is 14.7. The van der Waals surface area contributed by atoms with Crippen molar-refractivity contribution in [3.63, 3.8) is 0 Å². The van der Waals surface area contributed by atoms with Crippen LogP contribution in [-0.2, 0) is 4.74 Å². The molecule has 12 rings (SSSR count). The van der Waals surface area contributed by atoms with Crippen molar-refractivity contribution in [2.45, 2.75) is 270 Å². The van der Waals surface area contributed by atoms with Crippen molar-refractivity contribution >= 4 is 0 Å². The van der Waals surface area contributed by atoms with Crippen LogP contribution in [0.5, 0.6) is 0 Å². The molecule has 0 radical (unpaired) electrons. The second-order valence-corrected chi connectivity index (χ2v) is 30.9. The third-order valence-electron chi connectivity index (χ3n) is 18.3. The topological polar surface area (TPSA) is 118 Å². The third-order valence-corrected chi connectivity index (χ3v) is 18.3. The molecule has 0 spiro atoms. The van der Waals surface area contributed by atoms with Crippen LogP contribution in [0.25, 0.3) is 0 Å². The van der Waals surface area contributed by atoms with E-state index in [0.29, 0.717) is 53.8 Å². The Bertz CT molecular complexity index is 2690. The van der Waals surface area contributed by atoms with Crippen LogP contribution in [-0.4, -0.2) is 178 Å². The number of imidazole rings is 1. The van der Waals surface area contributed by atoms with E-state index in [0.717, 1.165) is 50.1 Å². The number of pyridine rings is 4. The summed E-state index contributed by atoms with van der Waals surface area (Å²) in [5.41, 5.74) is 6.54. The molecule has 4 aliphatic rings. The van der Waals surface area contributed by atoms with Gasteiger partial charge in [0.25, 0.3) is 0 Å². The smallest absolute Gasteiger partial charge is 0.0948 e. The van der Waals surface area contributed by atoms with E-state index in [1.165, 1.54) is 107 Å². The summed E-state index contributed by atoms with van der Waals surface area (Å²) in [6.07, 6.45) is 33.5. The quantitative estimate of drug-likeness (QED) is 0.116. The maximum absolute atomic E-state index is 5.21. The van der Waals surface area contributed by atoms with E-state index in [4.69, 9.17) is 4.74 Å². The Hall–Kier alpha value is -6.72. The Balaban J connectivity index is 0.000000573. The zero-order valence-electron chi connectivity index (χ0n) is 71.0. The highest BCUT2D eigenvalue weighted by Gasteiger charge is 2.16. The molecular formula is C90H152N14O. The summed E-state index contributed by atoms with van der Waals surface area (Å²) in [6.45, 7) is 66.9. The maximum Gasteiger partial charge on any atom is 0.0948 e. The Labute approximate surface area is 643 Å². The molecule has 15 heteroatoms. The number of morpholine rings is 1. The summed E-state index contributed by atoms with van der Waals surface area (Å²) in [4.78, 5) is 32.5. The number of likely N-dealkylation sites (N-methyl/N-ethyl adjacent to an activating group) is 1. The Morgan fingerprint density at radius 1 is 0.295 bits per heavy atom. The first-order valence-corrected chi connectivity index (χ1v) is 40.0. The third kappa shape index (κ3) is 48.3. The number of benzene rings is 1. The number of piperazine rings is 1. The first kappa shape index (κ1) is 96.3. The molecule has 8 aromatic rings. The van der Waals surface area contributed by atoms with Crippen LogP contribution in [0.2, 0.25) is 0 Å². The van der Waals surface area contributed by atoms with Gasteiger partial charge in [0.2, 0.25) is 0 Å². The largest absolute Gasteiger partial charge is 0.379 e. The first-order chi connectivity index (χ1) is 50.0. The number of rotatable bonds is 12. The molecule has 0 bridgehead atoms. The minimum absolute atomic E-state index is 0.491. The fraction of sp³-hybridized carbons (Fsp3) is 0.600. The van der Waals surface area contributed by atoms with Crippen LogP contribution in [0.15, 0.2) is 190 Å². The fourth-order valence-corrected chi connectivity index (χ4v) is 10.7. The molecule has 0 atom stereocenters. The molecule has 0 amide bonds. The van der Waals surface area contributed by atoms with Crippen molar-refractivity contribution in [2.24, 2.45) is 0 Å². The lowest BCUT2D eigenvalue weighted by atomic mass is 10.0. The van der Waals surface area contributed by atoms with Gasteiger partial charge in [-0.05, 0) is 262 Å². The molecule has 15 nitrogen and oxygen atoms in total. The summed E-state index contributed by atoms with van der Waals surface area (Å²) >= 11 is 0. The highest BCUT2D eigenvalue weighted by Crippen LogP contribution is 2.16. The number of aromatic nitrogens is 9. The van der Waals surface area contributed by atoms with Crippen LogP contribution in [0.3, 0.4) is 0 Å². The van der Waals surface area contributed by atoms with E-state index in [2.05, 4.69) is 286 Å². The van der Waals surface area contributed by atoms with Crippen molar-refractivity contribution in [2.75, 3.05) is 85.7 Å². The zero-order chi connectivity index (χ0) is 78.3. The van der Waals surface area contributed by atoms with Crippen molar-refractivity contribution in [3.05, 3.63) is 218 Å². The standard InChI is InChI=1S/C9H12.C8H18N2.3C8H11N.C8H17N.C8H11N.C7H15NO.C7H15N.C7H11N.2C6H10N2/c1-8(2)9-6-4-3-5-7-9;1-8(2)10-6-4-9(3)5-7-10;1-7(2)8-3-5-9-6-4-8;2*1-7(2)8-4-3-5-9-6-8;1-8(2)9-6-4-3-5-7-9;1-7(2)8-5-3-4-6-9-8;1-7(2)8-3-5-9-6-4-8;2*1-7(2)8-5-3-4-6-8;1-6(2)8-4-3-7-5-8;1-6(2)8-5-3-4-7-8/h3-8H,1-2H3;8H,4-7H2,1-3H3;3*3-7H,1-2H3;8H,3-7H2,1-2H3;3-7H,1-2H3;7H,3-6H2,1-2H3;7H,3-6H2,1-2H3;3-7H,1-2H3;2*3-6H,1-2H3.